The predicted molar refractivity (Wildman–Crippen MR) is 68.3 cm³/mol. The lowest BCUT2D eigenvalue weighted by atomic mass is 10.1. The van der Waals surface area contributed by atoms with E-state index in [1.54, 1.807) is 6.07 Å². The molecule has 0 aliphatic carbocycles. The van der Waals surface area contributed by atoms with Crippen LogP contribution in [-0.2, 0) is 10.0 Å². The molecule has 5 nitrogen and oxygen atoms in total. The third-order valence-electron chi connectivity index (χ3n) is 3.28. The molecule has 7 heteroatoms. The minimum absolute atomic E-state index is 0.210. The van der Waals surface area contributed by atoms with E-state index < -0.39 is 27.4 Å². The van der Waals surface area contributed by atoms with Crippen LogP contribution < -0.4 is 0 Å². The number of rotatable bonds is 2. The third kappa shape index (κ3) is 2.38. The van der Waals surface area contributed by atoms with Crippen molar-refractivity contribution in [1.82, 2.24) is 4.31 Å². The van der Waals surface area contributed by atoms with Gasteiger partial charge >= 0.3 is 0 Å². The lowest BCUT2D eigenvalue weighted by Gasteiger charge is -2.30. The summed E-state index contributed by atoms with van der Waals surface area (Å²) in [6, 6.07) is 6.25. The second-order valence-electron chi connectivity index (χ2n) is 4.48. The molecule has 0 amide bonds. The van der Waals surface area contributed by atoms with Crippen LogP contribution in [0.25, 0.3) is 0 Å². The molecule has 1 aromatic carbocycles. The molecule has 0 bridgehead atoms. The Bertz CT molecular complexity index is 703. The lowest BCUT2D eigenvalue weighted by molar-refractivity contribution is 0.297. The van der Waals surface area contributed by atoms with Crippen LogP contribution in [0.3, 0.4) is 0 Å². The van der Waals surface area contributed by atoms with Gasteiger partial charge < -0.3 is 0 Å². The van der Waals surface area contributed by atoms with Gasteiger partial charge in [-0.2, -0.15) is 14.8 Å². The third-order valence-corrected chi connectivity index (χ3v) is 5.23. The molecule has 1 atom stereocenters. The Morgan fingerprint density at radius 3 is 2.70 bits per heavy atom. The van der Waals surface area contributed by atoms with E-state index >= 15 is 0 Å². The number of benzene rings is 1. The Morgan fingerprint density at radius 1 is 1.30 bits per heavy atom. The molecule has 20 heavy (non-hydrogen) atoms. The number of nitriles is 2. The van der Waals surface area contributed by atoms with Crippen molar-refractivity contribution in [3.63, 3.8) is 0 Å². The minimum atomic E-state index is -4.04. The number of piperidine rings is 1. The topological polar surface area (TPSA) is 85.0 Å². The average molecular weight is 293 g/mol. The molecule has 0 saturated carbocycles. The van der Waals surface area contributed by atoms with Gasteiger partial charge in [-0.25, -0.2) is 12.8 Å². The molecule has 1 unspecified atom stereocenters. The van der Waals surface area contributed by atoms with Crippen molar-refractivity contribution in [2.24, 2.45) is 0 Å². The molecule has 2 rings (SSSR count). The van der Waals surface area contributed by atoms with E-state index in [9.17, 15) is 12.8 Å². The van der Waals surface area contributed by atoms with Crippen molar-refractivity contribution in [2.45, 2.75) is 30.2 Å². The van der Waals surface area contributed by atoms with E-state index in [1.165, 1.54) is 12.1 Å². The number of hydrogen-bond donors (Lipinski definition) is 0. The Labute approximate surface area is 116 Å². The van der Waals surface area contributed by atoms with Gasteiger partial charge in [0, 0.05) is 6.54 Å². The highest BCUT2D eigenvalue weighted by Gasteiger charge is 2.35. The number of hydrogen-bond acceptors (Lipinski definition) is 4. The highest BCUT2D eigenvalue weighted by Crippen LogP contribution is 2.27. The maximum absolute atomic E-state index is 13.6. The van der Waals surface area contributed by atoms with Crippen LogP contribution >= 0.6 is 0 Å². The maximum Gasteiger partial charge on any atom is 0.245 e. The van der Waals surface area contributed by atoms with Gasteiger partial charge in [0.15, 0.2) is 0 Å². The standard InChI is InChI=1S/C13H12FN3O2S/c14-12-5-3-6-13(11(12)9-16)20(18,19)17-7-2-1-4-10(17)8-15/h3,5-6,10H,1-2,4,7H2. The number of halogens is 1. The normalized spacial score (nSPS) is 20.1. The van der Waals surface area contributed by atoms with Crippen LogP contribution in [0.1, 0.15) is 24.8 Å². The van der Waals surface area contributed by atoms with E-state index in [0.29, 0.717) is 12.8 Å². The molecule has 1 aromatic rings. The van der Waals surface area contributed by atoms with Crippen molar-refractivity contribution in [3.05, 3.63) is 29.6 Å². The first-order valence-electron chi connectivity index (χ1n) is 6.12. The summed E-state index contributed by atoms with van der Waals surface area (Å²) in [7, 11) is -4.04. The molecule has 0 aromatic heterocycles. The van der Waals surface area contributed by atoms with Crippen molar-refractivity contribution in [1.29, 1.82) is 10.5 Å². The van der Waals surface area contributed by atoms with Gasteiger partial charge in [-0.1, -0.05) is 6.07 Å². The molecule has 1 fully saturated rings. The van der Waals surface area contributed by atoms with E-state index in [-0.39, 0.29) is 11.4 Å². The number of sulfonamides is 1. The molecule has 0 radical (unpaired) electrons. The van der Waals surface area contributed by atoms with Crippen LogP contribution in [-0.4, -0.2) is 25.3 Å². The zero-order valence-corrected chi connectivity index (χ0v) is 11.4. The van der Waals surface area contributed by atoms with Gasteiger partial charge in [0.25, 0.3) is 0 Å². The fraction of sp³-hybridized carbons (Fsp3) is 0.385. The smallest absolute Gasteiger partial charge is 0.207 e. The summed E-state index contributed by atoms with van der Waals surface area (Å²) < 4.78 is 39.7. The summed E-state index contributed by atoms with van der Waals surface area (Å²) in [5.74, 6) is -0.876. The fourth-order valence-corrected chi connectivity index (χ4v) is 4.04. The first-order chi connectivity index (χ1) is 9.52. The maximum atomic E-state index is 13.6. The minimum Gasteiger partial charge on any atom is -0.207 e. The van der Waals surface area contributed by atoms with E-state index in [2.05, 4.69) is 0 Å². The van der Waals surface area contributed by atoms with E-state index in [4.69, 9.17) is 10.5 Å². The zero-order valence-electron chi connectivity index (χ0n) is 10.6. The second-order valence-corrected chi connectivity index (χ2v) is 6.34. The summed E-state index contributed by atoms with van der Waals surface area (Å²) in [5.41, 5.74) is -0.505. The van der Waals surface area contributed by atoms with Gasteiger partial charge in [0.1, 0.15) is 28.4 Å². The molecule has 1 aliphatic rings. The van der Waals surface area contributed by atoms with Crippen LogP contribution in [0.5, 0.6) is 0 Å². The Balaban J connectivity index is 2.54. The predicted octanol–water partition coefficient (Wildman–Crippen LogP) is 1.76. The Hall–Kier alpha value is -1.96. The molecule has 0 N–H and O–H groups in total. The van der Waals surface area contributed by atoms with Crippen LogP contribution in [0.15, 0.2) is 23.1 Å². The number of nitrogens with zero attached hydrogens (tertiary/aromatic N) is 3. The van der Waals surface area contributed by atoms with Gasteiger partial charge in [-0.05, 0) is 31.4 Å². The molecular weight excluding hydrogens is 281 g/mol. The summed E-state index contributed by atoms with van der Waals surface area (Å²) in [4.78, 5) is -0.373. The molecule has 1 heterocycles. The molecule has 1 saturated heterocycles. The fourth-order valence-electron chi connectivity index (χ4n) is 2.28. The van der Waals surface area contributed by atoms with Gasteiger partial charge in [0.05, 0.1) is 6.07 Å². The van der Waals surface area contributed by atoms with E-state index in [1.807, 2.05) is 6.07 Å². The summed E-state index contributed by atoms with van der Waals surface area (Å²) in [5, 5.41) is 18.0. The lowest BCUT2D eigenvalue weighted by Crippen LogP contribution is -2.43. The summed E-state index contributed by atoms with van der Waals surface area (Å²) in [6.45, 7) is 0.210. The highest BCUT2D eigenvalue weighted by atomic mass is 32.2. The molecular formula is C13H12FN3O2S. The Kier molecular flexibility index (Phi) is 4.03. The van der Waals surface area contributed by atoms with Crippen LogP contribution in [0.4, 0.5) is 4.39 Å². The van der Waals surface area contributed by atoms with E-state index in [0.717, 1.165) is 16.8 Å². The second kappa shape index (κ2) is 5.58. The zero-order chi connectivity index (χ0) is 14.8. The van der Waals surface area contributed by atoms with Gasteiger partial charge in [-0.3, -0.25) is 0 Å². The first kappa shape index (κ1) is 14.4. The summed E-state index contributed by atoms with van der Waals surface area (Å²) >= 11 is 0. The monoisotopic (exact) mass is 293 g/mol. The average Bonchev–Trinajstić information content (AvgIpc) is 2.46. The van der Waals surface area contributed by atoms with Crippen molar-refractivity contribution in [3.8, 4) is 12.1 Å². The van der Waals surface area contributed by atoms with Crippen molar-refractivity contribution >= 4 is 10.0 Å². The molecule has 1 aliphatic heterocycles. The first-order valence-corrected chi connectivity index (χ1v) is 7.56. The summed E-state index contributed by atoms with van der Waals surface area (Å²) in [6.07, 6.45) is 1.88. The highest BCUT2D eigenvalue weighted by molar-refractivity contribution is 7.89. The van der Waals surface area contributed by atoms with Crippen molar-refractivity contribution in [2.75, 3.05) is 6.54 Å². The largest absolute Gasteiger partial charge is 0.245 e. The van der Waals surface area contributed by atoms with Crippen molar-refractivity contribution < 1.29 is 12.8 Å². The van der Waals surface area contributed by atoms with Gasteiger partial charge in [-0.15, -0.1) is 0 Å². The SMILES string of the molecule is N#Cc1c(F)cccc1S(=O)(=O)N1CCCCC1C#N. The van der Waals surface area contributed by atoms with Crippen LogP contribution in [0, 0.1) is 28.5 Å². The quantitative estimate of drug-likeness (QED) is 0.831. The van der Waals surface area contributed by atoms with Crippen LogP contribution in [0.2, 0.25) is 0 Å². The molecule has 104 valence electrons. The Morgan fingerprint density at radius 2 is 2.05 bits per heavy atom. The molecule has 0 spiro atoms. The van der Waals surface area contributed by atoms with Gasteiger partial charge in [0.2, 0.25) is 10.0 Å².